The van der Waals surface area contributed by atoms with Crippen LogP contribution in [0.3, 0.4) is 0 Å². The highest BCUT2D eigenvalue weighted by Gasteiger charge is 2.21. The summed E-state index contributed by atoms with van der Waals surface area (Å²) in [6, 6.07) is 4.78. The number of hydrogen-bond acceptors (Lipinski definition) is 5. The molecule has 1 aromatic carbocycles. The van der Waals surface area contributed by atoms with Crippen LogP contribution in [0.1, 0.15) is 13.8 Å². The zero-order valence-electron chi connectivity index (χ0n) is 11.1. The molecular formula is C13H10Cl2N2O3S. The lowest BCUT2D eigenvalue weighted by molar-refractivity contribution is -0.132. The summed E-state index contributed by atoms with van der Waals surface area (Å²) in [7, 11) is 0. The predicted octanol–water partition coefficient (Wildman–Crippen LogP) is 4.06. The molecule has 2 rings (SSSR count). The summed E-state index contributed by atoms with van der Waals surface area (Å²) in [5.41, 5.74) is 0.456. The number of nitrogens with zero attached hydrogens (tertiary/aromatic N) is 2. The van der Waals surface area contributed by atoms with Crippen LogP contribution in [0.2, 0.25) is 10.0 Å². The van der Waals surface area contributed by atoms with Crippen molar-refractivity contribution in [2.75, 3.05) is 4.90 Å². The third-order valence-electron chi connectivity index (χ3n) is 2.38. The average Bonchev–Trinajstić information content (AvgIpc) is 2.79. The Hall–Kier alpha value is -1.63. The average molecular weight is 345 g/mol. The molecule has 0 aliphatic carbocycles. The zero-order valence-corrected chi connectivity index (χ0v) is 13.4. The predicted molar refractivity (Wildman–Crippen MR) is 82.7 cm³/mol. The van der Waals surface area contributed by atoms with E-state index in [2.05, 4.69) is 4.98 Å². The van der Waals surface area contributed by atoms with Crippen LogP contribution in [0.5, 0.6) is 5.88 Å². The van der Waals surface area contributed by atoms with Gasteiger partial charge in [-0.15, -0.1) is 11.3 Å². The summed E-state index contributed by atoms with van der Waals surface area (Å²) in [5, 5.41) is 2.67. The van der Waals surface area contributed by atoms with Crippen molar-refractivity contribution in [2.24, 2.45) is 0 Å². The quantitative estimate of drug-likeness (QED) is 0.787. The molecule has 0 bridgehead atoms. The van der Waals surface area contributed by atoms with Gasteiger partial charge >= 0.3 is 5.97 Å². The first-order valence-corrected chi connectivity index (χ1v) is 7.41. The molecule has 0 saturated carbocycles. The Morgan fingerprint density at radius 3 is 2.57 bits per heavy atom. The fraction of sp³-hybridized carbons (Fsp3) is 0.154. The molecule has 2 aromatic rings. The van der Waals surface area contributed by atoms with Crippen LogP contribution in [-0.2, 0) is 9.59 Å². The van der Waals surface area contributed by atoms with Crippen molar-refractivity contribution in [3.8, 4) is 5.88 Å². The number of amides is 1. The van der Waals surface area contributed by atoms with Crippen molar-refractivity contribution >= 4 is 57.2 Å². The van der Waals surface area contributed by atoms with Crippen molar-refractivity contribution in [1.29, 1.82) is 0 Å². The number of benzene rings is 1. The van der Waals surface area contributed by atoms with Gasteiger partial charge in [0.15, 0.2) is 5.13 Å². The number of hydrogen-bond donors (Lipinski definition) is 0. The Morgan fingerprint density at radius 1 is 1.29 bits per heavy atom. The summed E-state index contributed by atoms with van der Waals surface area (Å²) >= 11 is 13.1. The van der Waals surface area contributed by atoms with Gasteiger partial charge in [-0.2, -0.15) is 4.98 Å². The first kappa shape index (κ1) is 15.8. The van der Waals surface area contributed by atoms with Crippen molar-refractivity contribution in [2.45, 2.75) is 13.8 Å². The van der Waals surface area contributed by atoms with Crippen LogP contribution in [0.15, 0.2) is 23.6 Å². The largest absolute Gasteiger partial charge is 0.407 e. The molecule has 110 valence electrons. The highest BCUT2D eigenvalue weighted by atomic mass is 35.5. The van der Waals surface area contributed by atoms with Gasteiger partial charge in [-0.3, -0.25) is 14.5 Å². The first-order valence-electron chi connectivity index (χ1n) is 5.78. The minimum atomic E-state index is -0.481. The molecular weight excluding hydrogens is 335 g/mol. The Labute approximate surface area is 135 Å². The number of anilines is 2. The first-order chi connectivity index (χ1) is 9.88. The Kier molecular flexibility index (Phi) is 4.82. The lowest BCUT2D eigenvalue weighted by Crippen LogP contribution is -2.22. The minimum absolute atomic E-state index is 0.138. The molecule has 0 unspecified atom stereocenters. The van der Waals surface area contributed by atoms with Gasteiger partial charge in [-0.1, -0.05) is 23.2 Å². The highest BCUT2D eigenvalue weighted by molar-refractivity contribution is 7.14. The number of carbonyl (C=O) groups excluding carboxylic acids is 2. The van der Waals surface area contributed by atoms with Crippen molar-refractivity contribution in [1.82, 2.24) is 4.98 Å². The fourth-order valence-corrected chi connectivity index (χ4v) is 2.89. The van der Waals surface area contributed by atoms with E-state index in [0.717, 1.165) is 11.3 Å². The zero-order chi connectivity index (χ0) is 15.6. The van der Waals surface area contributed by atoms with E-state index in [1.165, 1.54) is 30.2 Å². The van der Waals surface area contributed by atoms with Crippen LogP contribution < -0.4 is 9.64 Å². The van der Waals surface area contributed by atoms with Crippen molar-refractivity contribution in [3.05, 3.63) is 33.6 Å². The van der Waals surface area contributed by atoms with Crippen LogP contribution in [0.4, 0.5) is 10.8 Å². The summed E-state index contributed by atoms with van der Waals surface area (Å²) < 4.78 is 4.88. The molecule has 0 atom stereocenters. The standard InChI is InChI=1S/C13H10Cl2N2O3S/c1-7(18)17(11-4-3-9(14)5-10(11)15)13-16-12(6-21-13)20-8(2)19/h3-6H,1-2H3. The van der Waals surface area contributed by atoms with E-state index in [1.54, 1.807) is 12.1 Å². The number of ether oxygens (including phenoxy) is 1. The van der Waals surface area contributed by atoms with Crippen LogP contribution in [0, 0.1) is 0 Å². The van der Waals surface area contributed by atoms with Crippen molar-refractivity contribution in [3.63, 3.8) is 0 Å². The van der Waals surface area contributed by atoms with Gasteiger partial charge in [-0.25, -0.2) is 0 Å². The minimum Gasteiger partial charge on any atom is -0.407 e. The van der Waals surface area contributed by atoms with Gasteiger partial charge in [0, 0.05) is 18.9 Å². The normalized spacial score (nSPS) is 10.3. The van der Waals surface area contributed by atoms with E-state index >= 15 is 0 Å². The summed E-state index contributed by atoms with van der Waals surface area (Å²) in [6.07, 6.45) is 0. The van der Waals surface area contributed by atoms with Crippen LogP contribution >= 0.6 is 34.5 Å². The number of thiazole rings is 1. The number of carbonyl (C=O) groups is 2. The van der Waals surface area contributed by atoms with Gasteiger partial charge in [0.25, 0.3) is 0 Å². The Balaban J connectivity index is 2.41. The van der Waals surface area contributed by atoms with Gasteiger partial charge in [0.1, 0.15) is 0 Å². The number of aromatic nitrogens is 1. The molecule has 1 aromatic heterocycles. The van der Waals surface area contributed by atoms with E-state index in [4.69, 9.17) is 27.9 Å². The maximum Gasteiger partial charge on any atom is 0.309 e. The van der Waals surface area contributed by atoms with E-state index < -0.39 is 5.97 Å². The van der Waals surface area contributed by atoms with Gasteiger partial charge in [0.2, 0.25) is 11.8 Å². The Morgan fingerprint density at radius 2 is 2.00 bits per heavy atom. The van der Waals surface area contributed by atoms with E-state index in [0.29, 0.717) is 20.9 Å². The van der Waals surface area contributed by atoms with E-state index in [9.17, 15) is 9.59 Å². The molecule has 0 N–H and O–H groups in total. The molecule has 1 amide bonds. The summed E-state index contributed by atoms with van der Waals surface area (Å²) in [4.78, 5) is 28.3. The molecule has 0 aliphatic heterocycles. The number of rotatable bonds is 3. The van der Waals surface area contributed by atoms with Crippen LogP contribution in [0.25, 0.3) is 0 Å². The second-order valence-electron chi connectivity index (χ2n) is 4.01. The summed E-state index contributed by atoms with van der Waals surface area (Å²) in [6.45, 7) is 2.66. The van der Waals surface area contributed by atoms with E-state index in [-0.39, 0.29) is 11.8 Å². The molecule has 0 saturated heterocycles. The van der Waals surface area contributed by atoms with Gasteiger partial charge in [-0.05, 0) is 18.2 Å². The fourth-order valence-electron chi connectivity index (χ4n) is 1.62. The molecule has 21 heavy (non-hydrogen) atoms. The molecule has 8 heteroatoms. The molecule has 0 radical (unpaired) electrons. The lowest BCUT2D eigenvalue weighted by atomic mass is 10.3. The second-order valence-corrected chi connectivity index (χ2v) is 5.69. The topological polar surface area (TPSA) is 59.5 Å². The lowest BCUT2D eigenvalue weighted by Gasteiger charge is -2.19. The molecule has 0 fully saturated rings. The van der Waals surface area contributed by atoms with E-state index in [1.807, 2.05) is 0 Å². The maximum absolute atomic E-state index is 11.9. The van der Waals surface area contributed by atoms with Crippen LogP contribution in [-0.4, -0.2) is 16.9 Å². The van der Waals surface area contributed by atoms with Gasteiger partial charge < -0.3 is 4.74 Å². The second kappa shape index (κ2) is 6.43. The third-order valence-corrected chi connectivity index (χ3v) is 3.72. The molecule has 0 aliphatic rings. The SMILES string of the molecule is CC(=O)Oc1csc(N(C(C)=O)c2ccc(Cl)cc2Cl)n1. The molecule has 5 nitrogen and oxygen atoms in total. The Bertz CT molecular complexity index is 702. The highest BCUT2D eigenvalue weighted by Crippen LogP contribution is 2.36. The smallest absolute Gasteiger partial charge is 0.309 e. The number of halogens is 2. The molecule has 1 heterocycles. The number of esters is 1. The monoisotopic (exact) mass is 344 g/mol. The third kappa shape index (κ3) is 3.72. The maximum atomic E-state index is 11.9. The van der Waals surface area contributed by atoms with Crippen molar-refractivity contribution < 1.29 is 14.3 Å². The van der Waals surface area contributed by atoms with Gasteiger partial charge in [0.05, 0.1) is 16.1 Å². The molecule has 0 spiro atoms. The summed E-state index contributed by atoms with van der Waals surface area (Å²) in [5.74, 6) is -0.618.